The maximum atomic E-state index is 14.9. The second kappa shape index (κ2) is 8.03. The van der Waals surface area contributed by atoms with E-state index in [4.69, 9.17) is 4.74 Å². The lowest BCUT2D eigenvalue weighted by Crippen LogP contribution is -2.62. The van der Waals surface area contributed by atoms with Crippen molar-refractivity contribution in [1.82, 2.24) is 9.88 Å². The van der Waals surface area contributed by atoms with E-state index in [-0.39, 0.29) is 24.0 Å². The maximum Gasteiger partial charge on any atom is 0.413 e. The Bertz CT molecular complexity index is 1470. The molecule has 3 heterocycles. The van der Waals surface area contributed by atoms with Crippen molar-refractivity contribution < 1.29 is 28.1 Å². The topological polar surface area (TPSA) is 65.8 Å². The predicted octanol–water partition coefficient (Wildman–Crippen LogP) is 5.19. The minimum Gasteiger partial charge on any atom is -0.388 e. The summed E-state index contributed by atoms with van der Waals surface area (Å²) in [5, 5.41) is 24.0. The fourth-order valence-electron chi connectivity index (χ4n) is 8.70. The molecule has 2 aliphatic heterocycles. The van der Waals surface area contributed by atoms with Crippen LogP contribution in [0.2, 0.25) is 0 Å². The summed E-state index contributed by atoms with van der Waals surface area (Å²) in [6, 6.07) is 7.49. The van der Waals surface area contributed by atoms with E-state index < -0.39 is 40.6 Å². The van der Waals surface area contributed by atoms with E-state index in [1.54, 1.807) is 18.5 Å². The maximum absolute atomic E-state index is 14.9. The molecule has 5 aliphatic rings. The van der Waals surface area contributed by atoms with E-state index in [1.165, 1.54) is 0 Å². The van der Waals surface area contributed by atoms with Gasteiger partial charge in [0.2, 0.25) is 0 Å². The highest BCUT2D eigenvalue weighted by molar-refractivity contribution is 5.95. The molecule has 7 atom stereocenters. The van der Waals surface area contributed by atoms with Gasteiger partial charge in [-0.05, 0) is 79.9 Å². The molecule has 5 nitrogen and oxygen atoms in total. The van der Waals surface area contributed by atoms with E-state index in [9.17, 15) is 23.4 Å². The van der Waals surface area contributed by atoms with Gasteiger partial charge in [-0.3, -0.25) is 4.98 Å². The van der Waals surface area contributed by atoms with E-state index in [1.807, 2.05) is 50.2 Å². The first-order valence-corrected chi connectivity index (χ1v) is 13.7. The summed E-state index contributed by atoms with van der Waals surface area (Å²) in [6.07, 6.45) is 2.12. The number of hydrogen-bond donors (Lipinski definition) is 2. The number of benzene rings is 1. The molecule has 2 N–H and O–H groups in total. The van der Waals surface area contributed by atoms with E-state index in [0.29, 0.717) is 31.3 Å². The Morgan fingerprint density at radius 1 is 1.13 bits per heavy atom. The molecule has 2 spiro atoms. The van der Waals surface area contributed by atoms with Crippen LogP contribution in [0.1, 0.15) is 44.6 Å². The Morgan fingerprint density at radius 2 is 1.92 bits per heavy atom. The van der Waals surface area contributed by atoms with Crippen LogP contribution in [0.15, 0.2) is 65.5 Å². The molecule has 1 aromatic heterocycles. The Kier molecular flexibility index (Phi) is 5.24. The Labute approximate surface area is 225 Å². The molecule has 3 aliphatic carbocycles. The largest absolute Gasteiger partial charge is 0.413 e. The molecule has 0 radical (unpaired) electrons. The molecule has 1 saturated heterocycles. The molecule has 1 unspecified atom stereocenters. The number of alkyl halides is 3. The molecule has 206 valence electrons. The normalized spacial score (nSPS) is 39.4. The number of aliphatic hydroxyl groups excluding tert-OH is 2. The fraction of sp³-hybridized carbons (Fsp3) is 0.516. The van der Waals surface area contributed by atoms with Crippen molar-refractivity contribution in [1.29, 1.82) is 0 Å². The Balaban J connectivity index is 1.42. The lowest BCUT2D eigenvalue weighted by molar-refractivity contribution is -0.170. The quantitative estimate of drug-likeness (QED) is 0.551. The molecule has 2 fully saturated rings. The number of pyridine rings is 1. The highest BCUT2D eigenvalue weighted by atomic mass is 19.4. The van der Waals surface area contributed by atoms with Crippen LogP contribution >= 0.6 is 0 Å². The summed E-state index contributed by atoms with van der Waals surface area (Å²) < 4.78 is 51.7. The number of allylic oxidation sites excluding steroid dienone is 3. The van der Waals surface area contributed by atoms with Gasteiger partial charge in [-0.25, -0.2) is 0 Å². The lowest BCUT2D eigenvalue weighted by atomic mass is 9.56. The third-order valence-corrected chi connectivity index (χ3v) is 10.5. The Hall–Kier alpha value is -2.52. The van der Waals surface area contributed by atoms with Gasteiger partial charge >= 0.3 is 6.18 Å². The predicted molar refractivity (Wildman–Crippen MR) is 142 cm³/mol. The first kappa shape index (κ1) is 25.4. The third kappa shape index (κ3) is 3.26. The number of ether oxygens (including phenoxy) is 1. The number of hydrogen-bond acceptors (Lipinski definition) is 5. The molecule has 2 aromatic rings. The van der Waals surface area contributed by atoms with E-state index in [0.717, 1.165) is 21.9 Å². The van der Waals surface area contributed by atoms with Gasteiger partial charge in [-0.15, -0.1) is 0 Å². The van der Waals surface area contributed by atoms with Gasteiger partial charge in [0.25, 0.3) is 0 Å². The third-order valence-electron chi connectivity index (χ3n) is 10.5. The highest BCUT2D eigenvalue weighted by Gasteiger charge is 2.69. The summed E-state index contributed by atoms with van der Waals surface area (Å²) in [5.74, 6) is -0.183. The summed E-state index contributed by atoms with van der Waals surface area (Å²) in [5.41, 5.74) is -0.924. The van der Waals surface area contributed by atoms with Crippen molar-refractivity contribution in [2.24, 2.45) is 11.3 Å². The minimum atomic E-state index is -4.56. The van der Waals surface area contributed by atoms with Crippen molar-refractivity contribution in [2.45, 2.75) is 74.7 Å². The van der Waals surface area contributed by atoms with Crippen LogP contribution in [0, 0.1) is 11.3 Å². The van der Waals surface area contributed by atoms with Crippen molar-refractivity contribution >= 4 is 16.3 Å². The molecule has 1 aromatic carbocycles. The summed E-state index contributed by atoms with van der Waals surface area (Å²) in [6.45, 7) is 1.98. The van der Waals surface area contributed by atoms with Gasteiger partial charge in [0.05, 0.1) is 17.3 Å². The number of aliphatic hydroxyl groups is 2. The van der Waals surface area contributed by atoms with E-state index >= 15 is 0 Å². The van der Waals surface area contributed by atoms with Gasteiger partial charge in [0, 0.05) is 40.7 Å². The molecular formula is C31H33F3N2O3. The number of aromatic nitrogens is 1. The van der Waals surface area contributed by atoms with Crippen LogP contribution in [-0.2, 0) is 4.74 Å². The zero-order valence-corrected chi connectivity index (χ0v) is 22.3. The fourth-order valence-corrected chi connectivity index (χ4v) is 8.70. The molecule has 39 heavy (non-hydrogen) atoms. The number of nitrogens with zero attached hydrogens (tertiary/aromatic N) is 2. The summed E-state index contributed by atoms with van der Waals surface area (Å²) in [7, 11) is 3.69. The molecule has 8 heteroatoms. The Morgan fingerprint density at radius 3 is 2.67 bits per heavy atom. The van der Waals surface area contributed by atoms with Crippen molar-refractivity contribution in [3.63, 3.8) is 0 Å². The smallest absolute Gasteiger partial charge is 0.388 e. The second-order valence-corrected chi connectivity index (χ2v) is 12.5. The molecular weight excluding hydrogens is 505 g/mol. The van der Waals surface area contributed by atoms with Crippen LogP contribution < -0.4 is 0 Å². The SMILES string of the molecule is CN(C)[C@H]1C[C@@]23CC[C@@]4(O2)C(=C(C(F)(F)F)C[C@]2(C)C(c5cccc6cnccc56)=CCC24)C=C3[C@@H](O)[C@@H]1O. The van der Waals surface area contributed by atoms with Gasteiger partial charge < -0.3 is 19.8 Å². The number of halogens is 3. The van der Waals surface area contributed by atoms with Crippen LogP contribution in [-0.4, -0.2) is 69.8 Å². The minimum absolute atomic E-state index is 0.159. The zero-order chi connectivity index (χ0) is 27.5. The highest BCUT2D eigenvalue weighted by Crippen LogP contribution is 2.70. The summed E-state index contributed by atoms with van der Waals surface area (Å²) >= 11 is 0. The van der Waals surface area contributed by atoms with E-state index in [2.05, 4.69) is 11.1 Å². The van der Waals surface area contributed by atoms with Crippen molar-refractivity contribution in [3.05, 3.63) is 71.1 Å². The lowest BCUT2D eigenvalue weighted by Gasteiger charge is -2.57. The number of fused-ring (bicyclic) bond motifs is 2. The number of rotatable bonds is 2. The summed E-state index contributed by atoms with van der Waals surface area (Å²) in [4.78, 5) is 6.10. The zero-order valence-electron chi connectivity index (χ0n) is 22.3. The first-order valence-electron chi connectivity index (χ1n) is 13.7. The van der Waals surface area contributed by atoms with Gasteiger partial charge in [-0.2, -0.15) is 13.2 Å². The van der Waals surface area contributed by atoms with Crippen molar-refractivity contribution in [2.75, 3.05) is 14.1 Å². The average molecular weight is 539 g/mol. The molecule has 7 rings (SSSR count). The first-order chi connectivity index (χ1) is 18.4. The van der Waals surface area contributed by atoms with Crippen LogP contribution in [0.3, 0.4) is 0 Å². The molecule has 0 amide bonds. The van der Waals surface area contributed by atoms with Crippen molar-refractivity contribution in [3.8, 4) is 0 Å². The van der Waals surface area contributed by atoms with Crippen LogP contribution in [0.25, 0.3) is 16.3 Å². The van der Waals surface area contributed by atoms with Gasteiger partial charge in [0.1, 0.15) is 6.10 Å². The van der Waals surface area contributed by atoms with Crippen LogP contribution in [0.4, 0.5) is 13.2 Å². The monoisotopic (exact) mass is 538 g/mol. The second-order valence-electron chi connectivity index (χ2n) is 12.5. The average Bonchev–Trinajstić information content (AvgIpc) is 3.40. The molecule has 2 bridgehead atoms. The molecule has 1 saturated carbocycles. The standard InChI is InChI=1S/C31H33F3N2O3/c1-28-14-23(31(32,33)34)21-13-22-26(37)27(38)24(36(2)3)15-29(22)10-11-30(21,39-29)25(28)8-7-20(28)19-6-4-5-17-16-35-12-9-18(17)19/h4-7,9,12-13,16,24-27,37-38H,8,10-11,14-15H2,1-3H3/t24-,25?,26+,27+,28+,29+,30+/m0/s1. The van der Waals surface area contributed by atoms with Gasteiger partial charge in [0.15, 0.2) is 0 Å². The van der Waals surface area contributed by atoms with Crippen LogP contribution in [0.5, 0.6) is 0 Å². The van der Waals surface area contributed by atoms with Gasteiger partial charge in [-0.1, -0.05) is 37.3 Å². The number of likely N-dealkylation sites (N-methyl/N-ethyl adjacent to an activating group) is 1.